The van der Waals surface area contributed by atoms with Crippen LogP contribution >= 0.6 is 46.8 Å². The van der Waals surface area contributed by atoms with Crippen LogP contribution in [0.5, 0.6) is 0 Å². The maximum atomic E-state index is 12.0. The van der Waals surface area contributed by atoms with Gasteiger partial charge in [-0.1, -0.05) is 29.3 Å². The molecule has 0 aliphatic heterocycles. The Hall–Kier alpha value is -1.14. The first-order chi connectivity index (χ1) is 9.06. The number of halogens is 2. The van der Waals surface area contributed by atoms with Crippen molar-refractivity contribution in [3.63, 3.8) is 0 Å². The first-order valence-corrected chi connectivity index (χ1v) is 7.30. The van der Waals surface area contributed by atoms with Crippen molar-refractivity contribution in [1.82, 2.24) is 9.97 Å². The number of thiophene rings is 1. The standard InChI is InChI=1S/C12H6Cl2N2OS2/c13-7-2-1-5(3-8(7)14)6-4-19-11-9(6)10(17)15-12(18)16-11/h1-4H,(H2,15,16,17,18). The third kappa shape index (κ3) is 2.23. The van der Waals surface area contributed by atoms with E-state index >= 15 is 0 Å². The monoisotopic (exact) mass is 328 g/mol. The largest absolute Gasteiger partial charge is 0.323 e. The molecule has 0 aliphatic rings. The van der Waals surface area contributed by atoms with Gasteiger partial charge in [0.25, 0.3) is 5.56 Å². The van der Waals surface area contributed by atoms with Crippen molar-refractivity contribution >= 4 is 57.0 Å². The number of hydrogen-bond donors (Lipinski definition) is 2. The molecule has 0 atom stereocenters. The molecule has 19 heavy (non-hydrogen) atoms. The van der Waals surface area contributed by atoms with Crippen LogP contribution in [0.1, 0.15) is 0 Å². The molecule has 3 aromatic rings. The molecule has 2 N–H and O–H groups in total. The van der Waals surface area contributed by atoms with Gasteiger partial charge in [0, 0.05) is 10.9 Å². The second kappa shape index (κ2) is 4.76. The Kier molecular flexibility index (Phi) is 3.22. The highest BCUT2D eigenvalue weighted by molar-refractivity contribution is 7.71. The summed E-state index contributed by atoms with van der Waals surface area (Å²) in [6, 6.07) is 5.28. The molecule has 2 aromatic heterocycles. The zero-order valence-corrected chi connectivity index (χ0v) is 12.4. The van der Waals surface area contributed by atoms with Crippen molar-refractivity contribution in [3.05, 3.63) is 48.7 Å². The van der Waals surface area contributed by atoms with E-state index in [-0.39, 0.29) is 5.56 Å². The van der Waals surface area contributed by atoms with Crippen LogP contribution in [0.25, 0.3) is 21.3 Å². The van der Waals surface area contributed by atoms with Crippen LogP contribution in [-0.2, 0) is 0 Å². The Morgan fingerprint density at radius 1 is 1.16 bits per heavy atom. The number of aromatic nitrogens is 2. The molecule has 0 radical (unpaired) electrons. The summed E-state index contributed by atoms with van der Waals surface area (Å²) in [6.07, 6.45) is 0. The van der Waals surface area contributed by atoms with Gasteiger partial charge in [0.2, 0.25) is 0 Å². The molecule has 0 unspecified atom stereocenters. The lowest BCUT2D eigenvalue weighted by molar-refractivity contribution is 1.15. The minimum atomic E-state index is -0.207. The highest BCUT2D eigenvalue weighted by Gasteiger charge is 2.11. The molecule has 0 fully saturated rings. The second-order valence-corrected chi connectivity index (χ2v) is 5.99. The van der Waals surface area contributed by atoms with Crippen LogP contribution in [0.3, 0.4) is 0 Å². The first-order valence-electron chi connectivity index (χ1n) is 5.25. The first kappa shape index (κ1) is 12.9. The van der Waals surface area contributed by atoms with Gasteiger partial charge >= 0.3 is 0 Å². The van der Waals surface area contributed by atoms with Gasteiger partial charge < -0.3 is 4.98 Å². The lowest BCUT2D eigenvalue weighted by Crippen LogP contribution is -2.06. The topological polar surface area (TPSA) is 48.6 Å². The van der Waals surface area contributed by atoms with E-state index in [0.717, 1.165) is 16.0 Å². The highest BCUT2D eigenvalue weighted by Crippen LogP contribution is 2.33. The van der Waals surface area contributed by atoms with Crippen LogP contribution in [0.4, 0.5) is 0 Å². The van der Waals surface area contributed by atoms with E-state index in [1.807, 2.05) is 11.4 Å². The van der Waals surface area contributed by atoms with Gasteiger partial charge in [-0.25, -0.2) is 0 Å². The number of nitrogens with one attached hydrogen (secondary N) is 2. The van der Waals surface area contributed by atoms with E-state index in [2.05, 4.69) is 9.97 Å². The summed E-state index contributed by atoms with van der Waals surface area (Å²) in [5.41, 5.74) is 1.45. The quantitative estimate of drug-likeness (QED) is 0.640. The van der Waals surface area contributed by atoms with Crippen molar-refractivity contribution < 1.29 is 0 Å². The van der Waals surface area contributed by atoms with Crippen LogP contribution in [0, 0.1) is 4.77 Å². The minimum Gasteiger partial charge on any atom is -0.323 e. The molecule has 3 nitrogen and oxygen atoms in total. The number of H-pyrrole nitrogens is 2. The van der Waals surface area contributed by atoms with Gasteiger partial charge in [-0.05, 0) is 29.9 Å². The van der Waals surface area contributed by atoms with Gasteiger partial charge in [-0.15, -0.1) is 11.3 Å². The normalized spacial score (nSPS) is 11.1. The van der Waals surface area contributed by atoms with E-state index in [9.17, 15) is 4.79 Å². The van der Waals surface area contributed by atoms with Gasteiger partial charge in [0.05, 0.1) is 15.4 Å². The van der Waals surface area contributed by atoms with E-state index in [0.29, 0.717) is 20.2 Å². The zero-order chi connectivity index (χ0) is 13.6. The summed E-state index contributed by atoms with van der Waals surface area (Å²) >= 11 is 18.3. The van der Waals surface area contributed by atoms with Crippen molar-refractivity contribution in [2.45, 2.75) is 0 Å². The SMILES string of the molecule is O=c1[nH]c(=S)[nH]c2scc(-c3ccc(Cl)c(Cl)c3)c12. The van der Waals surface area contributed by atoms with Crippen molar-refractivity contribution in [2.24, 2.45) is 0 Å². The predicted octanol–water partition coefficient (Wildman–Crippen LogP) is 4.62. The molecule has 0 aliphatic carbocycles. The molecular weight excluding hydrogens is 323 g/mol. The van der Waals surface area contributed by atoms with Crippen LogP contribution < -0.4 is 5.56 Å². The predicted molar refractivity (Wildman–Crippen MR) is 83.1 cm³/mol. The minimum absolute atomic E-state index is 0.207. The third-order valence-electron chi connectivity index (χ3n) is 2.70. The molecule has 0 spiro atoms. The fourth-order valence-electron chi connectivity index (χ4n) is 1.85. The Bertz CT molecular complexity index is 895. The molecule has 7 heteroatoms. The lowest BCUT2D eigenvalue weighted by Gasteiger charge is -2.01. The Balaban J connectivity index is 2.34. The molecule has 0 saturated heterocycles. The average Bonchev–Trinajstić information content (AvgIpc) is 2.76. The summed E-state index contributed by atoms with van der Waals surface area (Å²) in [7, 11) is 0. The van der Waals surface area contributed by atoms with Crippen molar-refractivity contribution in [2.75, 3.05) is 0 Å². The van der Waals surface area contributed by atoms with Crippen molar-refractivity contribution in [1.29, 1.82) is 0 Å². The number of aromatic amines is 2. The second-order valence-electron chi connectivity index (χ2n) is 3.89. The lowest BCUT2D eigenvalue weighted by atomic mass is 10.1. The molecule has 0 saturated carbocycles. The molecular formula is C12H6Cl2N2OS2. The van der Waals surface area contributed by atoms with E-state index < -0.39 is 0 Å². The Labute approximate surface area is 126 Å². The smallest absolute Gasteiger partial charge is 0.261 e. The maximum absolute atomic E-state index is 12.0. The van der Waals surface area contributed by atoms with Crippen LogP contribution in [0.15, 0.2) is 28.4 Å². The number of hydrogen-bond acceptors (Lipinski definition) is 3. The number of rotatable bonds is 1. The number of fused-ring (bicyclic) bond motifs is 1. The van der Waals surface area contributed by atoms with Crippen LogP contribution in [-0.4, -0.2) is 9.97 Å². The number of benzene rings is 1. The molecule has 0 amide bonds. The Morgan fingerprint density at radius 2 is 1.95 bits per heavy atom. The van der Waals surface area contributed by atoms with Crippen molar-refractivity contribution in [3.8, 4) is 11.1 Å². The molecule has 3 rings (SSSR count). The summed E-state index contributed by atoms with van der Waals surface area (Å²) in [6.45, 7) is 0. The highest BCUT2D eigenvalue weighted by atomic mass is 35.5. The maximum Gasteiger partial charge on any atom is 0.261 e. The fraction of sp³-hybridized carbons (Fsp3) is 0. The average molecular weight is 329 g/mol. The summed E-state index contributed by atoms with van der Waals surface area (Å²) in [4.78, 5) is 18.3. The Morgan fingerprint density at radius 3 is 2.68 bits per heavy atom. The fourth-order valence-corrected chi connectivity index (χ4v) is 3.38. The van der Waals surface area contributed by atoms with E-state index in [1.165, 1.54) is 11.3 Å². The summed E-state index contributed by atoms with van der Waals surface area (Å²) in [5, 5.41) is 3.42. The molecule has 0 bridgehead atoms. The summed E-state index contributed by atoms with van der Waals surface area (Å²) in [5.74, 6) is 0. The molecule has 2 heterocycles. The van der Waals surface area contributed by atoms with Gasteiger partial charge in [0.15, 0.2) is 4.77 Å². The molecule has 96 valence electrons. The zero-order valence-electron chi connectivity index (χ0n) is 9.29. The van der Waals surface area contributed by atoms with Gasteiger partial charge in [-0.3, -0.25) is 9.78 Å². The van der Waals surface area contributed by atoms with Crippen LogP contribution in [0.2, 0.25) is 10.0 Å². The van der Waals surface area contributed by atoms with Gasteiger partial charge in [0.1, 0.15) is 4.83 Å². The third-order valence-corrected chi connectivity index (χ3v) is 4.54. The summed E-state index contributed by atoms with van der Waals surface area (Å²) < 4.78 is 0.319. The van der Waals surface area contributed by atoms with E-state index in [1.54, 1.807) is 12.1 Å². The van der Waals surface area contributed by atoms with Gasteiger partial charge in [-0.2, -0.15) is 0 Å². The molecule has 1 aromatic carbocycles. The van der Waals surface area contributed by atoms with E-state index in [4.69, 9.17) is 35.4 Å².